The van der Waals surface area contributed by atoms with E-state index in [2.05, 4.69) is 15.2 Å². The van der Waals surface area contributed by atoms with Gasteiger partial charge < -0.3 is 14.2 Å². The van der Waals surface area contributed by atoms with Crippen LogP contribution < -0.4 is 10.1 Å². The van der Waals surface area contributed by atoms with Crippen LogP contribution in [0.2, 0.25) is 0 Å². The molecule has 0 saturated heterocycles. The monoisotopic (exact) mass is 329 g/mol. The van der Waals surface area contributed by atoms with Crippen LogP contribution in [0.5, 0.6) is 5.75 Å². The van der Waals surface area contributed by atoms with E-state index in [9.17, 15) is 18.0 Å². The van der Waals surface area contributed by atoms with E-state index >= 15 is 0 Å². The van der Waals surface area contributed by atoms with Crippen molar-refractivity contribution in [1.82, 2.24) is 10.1 Å². The molecule has 2 amide bonds. The Morgan fingerprint density at radius 1 is 1.35 bits per heavy atom. The quantitative estimate of drug-likeness (QED) is 0.931. The molecule has 0 atom stereocenters. The van der Waals surface area contributed by atoms with Crippen LogP contribution in [-0.2, 0) is 6.54 Å². The number of nitrogens with one attached hydrogen (secondary N) is 1. The number of urea groups is 1. The van der Waals surface area contributed by atoms with Crippen molar-refractivity contribution in [2.75, 3.05) is 12.4 Å². The average Bonchev–Trinajstić information content (AvgIpc) is 2.84. The maximum Gasteiger partial charge on any atom is 0.573 e. The topological polar surface area (TPSA) is 67.6 Å². The number of nitrogens with zero attached hydrogens (tertiary/aromatic N) is 2. The van der Waals surface area contributed by atoms with Gasteiger partial charge in [0.15, 0.2) is 5.82 Å². The molecule has 0 aliphatic rings. The van der Waals surface area contributed by atoms with Gasteiger partial charge in [-0.05, 0) is 24.6 Å². The predicted octanol–water partition coefficient (Wildman–Crippen LogP) is 3.55. The van der Waals surface area contributed by atoms with Crippen LogP contribution in [0, 0.1) is 6.92 Å². The maximum atomic E-state index is 12.1. The summed E-state index contributed by atoms with van der Waals surface area (Å²) in [7, 11) is 1.54. The summed E-state index contributed by atoms with van der Waals surface area (Å²) < 4.78 is 44.8. The summed E-state index contributed by atoms with van der Waals surface area (Å²) in [6, 6.07) is 6.42. The fraction of sp³-hybridized carbons (Fsp3) is 0.286. The van der Waals surface area contributed by atoms with E-state index in [-0.39, 0.29) is 18.1 Å². The number of alkyl halides is 3. The second-order valence-corrected chi connectivity index (χ2v) is 4.80. The van der Waals surface area contributed by atoms with Crippen molar-refractivity contribution in [3.8, 4) is 5.75 Å². The molecule has 2 rings (SSSR count). The lowest BCUT2D eigenvalue weighted by molar-refractivity contribution is -0.274. The fourth-order valence-corrected chi connectivity index (χ4v) is 1.77. The summed E-state index contributed by atoms with van der Waals surface area (Å²) in [5, 5.41) is 6.17. The van der Waals surface area contributed by atoms with Gasteiger partial charge in [-0.1, -0.05) is 17.3 Å². The molecule has 1 aromatic heterocycles. The Kier molecular flexibility index (Phi) is 4.77. The second-order valence-electron chi connectivity index (χ2n) is 4.80. The first-order valence-electron chi connectivity index (χ1n) is 6.53. The molecule has 23 heavy (non-hydrogen) atoms. The van der Waals surface area contributed by atoms with Gasteiger partial charge in [0.1, 0.15) is 11.5 Å². The zero-order chi connectivity index (χ0) is 17.0. The minimum atomic E-state index is -4.73. The van der Waals surface area contributed by atoms with Crippen LogP contribution in [0.3, 0.4) is 0 Å². The third kappa shape index (κ3) is 5.20. The zero-order valence-electron chi connectivity index (χ0n) is 12.3. The molecule has 0 radical (unpaired) electrons. The minimum Gasteiger partial charge on any atom is -0.406 e. The highest BCUT2D eigenvalue weighted by Gasteiger charge is 2.30. The van der Waals surface area contributed by atoms with Crippen LogP contribution in [0.15, 0.2) is 34.9 Å². The van der Waals surface area contributed by atoms with E-state index in [1.807, 2.05) is 0 Å². The first kappa shape index (κ1) is 16.7. The number of halogens is 3. The average molecular weight is 329 g/mol. The summed E-state index contributed by atoms with van der Waals surface area (Å²) >= 11 is 0. The molecule has 1 aromatic carbocycles. The van der Waals surface area contributed by atoms with Gasteiger partial charge in [0.05, 0.1) is 0 Å². The number of rotatable bonds is 4. The Morgan fingerprint density at radius 3 is 2.52 bits per heavy atom. The van der Waals surface area contributed by atoms with Gasteiger partial charge in [0.2, 0.25) is 0 Å². The van der Waals surface area contributed by atoms with Gasteiger partial charge >= 0.3 is 12.4 Å². The van der Waals surface area contributed by atoms with Crippen molar-refractivity contribution in [3.05, 3.63) is 41.7 Å². The Balaban J connectivity index is 1.91. The van der Waals surface area contributed by atoms with Gasteiger partial charge in [-0.2, -0.15) is 0 Å². The summed E-state index contributed by atoms with van der Waals surface area (Å²) in [5.74, 6) is 0.530. The third-order valence-corrected chi connectivity index (χ3v) is 2.79. The van der Waals surface area contributed by atoms with Gasteiger partial charge in [-0.3, -0.25) is 5.32 Å². The van der Waals surface area contributed by atoms with Crippen LogP contribution in [0.4, 0.5) is 23.8 Å². The Morgan fingerprint density at radius 2 is 2.00 bits per heavy atom. The summed E-state index contributed by atoms with van der Waals surface area (Å²) in [6.45, 7) is 1.89. The predicted molar refractivity (Wildman–Crippen MR) is 74.9 cm³/mol. The van der Waals surface area contributed by atoms with Crippen molar-refractivity contribution in [2.24, 2.45) is 0 Å². The molecule has 0 bridgehead atoms. The van der Waals surface area contributed by atoms with E-state index in [0.717, 1.165) is 0 Å². The number of carbonyl (C=O) groups excluding carboxylic acids is 1. The number of hydrogen-bond donors (Lipinski definition) is 1. The third-order valence-electron chi connectivity index (χ3n) is 2.79. The highest BCUT2D eigenvalue weighted by Crippen LogP contribution is 2.23. The normalized spacial score (nSPS) is 11.2. The Bertz CT molecular complexity index is 668. The molecule has 0 saturated carbocycles. The molecule has 2 aromatic rings. The van der Waals surface area contributed by atoms with Crippen molar-refractivity contribution >= 4 is 11.8 Å². The second kappa shape index (κ2) is 6.59. The first-order chi connectivity index (χ1) is 10.7. The largest absolute Gasteiger partial charge is 0.573 e. The number of amides is 2. The molecule has 0 unspecified atom stereocenters. The molecular weight excluding hydrogens is 315 g/mol. The highest BCUT2D eigenvalue weighted by molar-refractivity contribution is 5.88. The van der Waals surface area contributed by atoms with Gasteiger partial charge in [0.25, 0.3) is 0 Å². The minimum absolute atomic E-state index is 0.203. The number of aromatic nitrogens is 1. The molecule has 1 N–H and O–H groups in total. The van der Waals surface area contributed by atoms with E-state index in [0.29, 0.717) is 11.3 Å². The first-order valence-corrected chi connectivity index (χ1v) is 6.53. The van der Waals surface area contributed by atoms with Crippen LogP contribution in [0.25, 0.3) is 0 Å². The fourth-order valence-electron chi connectivity index (χ4n) is 1.77. The molecule has 1 heterocycles. The van der Waals surface area contributed by atoms with Crippen molar-refractivity contribution in [1.29, 1.82) is 0 Å². The molecule has 0 spiro atoms. The van der Waals surface area contributed by atoms with E-state index in [4.69, 9.17) is 4.52 Å². The summed E-state index contributed by atoms with van der Waals surface area (Å²) in [5.41, 5.74) is 0.647. The van der Waals surface area contributed by atoms with Gasteiger partial charge in [0, 0.05) is 19.7 Å². The maximum absolute atomic E-state index is 12.1. The van der Waals surface area contributed by atoms with Crippen LogP contribution >= 0.6 is 0 Å². The molecule has 6 nitrogen and oxygen atoms in total. The zero-order valence-corrected chi connectivity index (χ0v) is 12.3. The molecule has 124 valence electrons. The highest BCUT2D eigenvalue weighted by atomic mass is 19.4. The van der Waals surface area contributed by atoms with E-state index in [1.54, 1.807) is 20.0 Å². The van der Waals surface area contributed by atoms with Crippen molar-refractivity contribution in [3.63, 3.8) is 0 Å². The van der Waals surface area contributed by atoms with Crippen LogP contribution in [-0.4, -0.2) is 29.5 Å². The lowest BCUT2D eigenvalue weighted by Crippen LogP contribution is -2.30. The van der Waals surface area contributed by atoms with E-state index in [1.165, 1.54) is 29.2 Å². The summed E-state index contributed by atoms with van der Waals surface area (Å²) in [4.78, 5) is 13.3. The SMILES string of the molecule is Cc1cc(NC(=O)N(C)Cc2ccc(OC(F)(F)F)cc2)no1. The van der Waals surface area contributed by atoms with Crippen LogP contribution in [0.1, 0.15) is 11.3 Å². The van der Waals surface area contributed by atoms with Gasteiger partial charge in [-0.25, -0.2) is 4.79 Å². The van der Waals surface area contributed by atoms with Crippen molar-refractivity contribution < 1.29 is 27.2 Å². The molecule has 0 aliphatic carbocycles. The smallest absolute Gasteiger partial charge is 0.406 e. The number of ether oxygens (including phenoxy) is 1. The standard InChI is InChI=1S/C14H14F3N3O3/c1-9-7-12(19-23-9)18-13(21)20(2)8-10-3-5-11(6-4-10)22-14(15,16)17/h3-7H,8H2,1-2H3,(H,18,19,21). The Labute approximate surface area is 129 Å². The molecule has 0 aliphatic heterocycles. The van der Waals surface area contributed by atoms with E-state index < -0.39 is 12.4 Å². The van der Waals surface area contributed by atoms with Crippen molar-refractivity contribution in [2.45, 2.75) is 19.8 Å². The Hall–Kier alpha value is -2.71. The number of aryl methyl sites for hydroxylation is 1. The lowest BCUT2D eigenvalue weighted by Gasteiger charge is -2.17. The number of hydrogen-bond acceptors (Lipinski definition) is 4. The number of anilines is 1. The number of carbonyl (C=O) groups is 1. The molecule has 9 heteroatoms. The van der Waals surface area contributed by atoms with Gasteiger partial charge in [-0.15, -0.1) is 13.2 Å². The number of benzene rings is 1. The molecular formula is C14H14F3N3O3. The lowest BCUT2D eigenvalue weighted by atomic mass is 10.2. The molecule has 0 fully saturated rings. The summed E-state index contributed by atoms with van der Waals surface area (Å²) in [6.07, 6.45) is -4.73.